The Hall–Kier alpha value is -3.78. The van der Waals surface area contributed by atoms with Crippen LogP contribution in [0.2, 0.25) is 0 Å². The average molecular weight is 622 g/mol. The Morgan fingerprint density at radius 2 is 1.93 bits per heavy atom. The number of halogens is 1. The molecule has 1 unspecified atom stereocenters. The molecule has 6 rings (SSSR count). The summed E-state index contributed by atoms with van der Waals surface area (Å²) in [6.07, 6.45) is 7.56. The molecule has 3 aromatic rings. The highest BCUT2D eigenvalue weighted by Crippen LogP contribution is 2.36. The predicted molar refractivity (Wildman–Crippen MR) is 165 cm³/mol. The molecule has 0 bridgehead atoms. The van der Waals surface area contributed by atoms with Gasteiger partial charge >= 0.3 is 0 Å². The summed E-state index contributed by atoms with van der Waals surface area (Å²) in [5.74, 6) is -0.293. The van der Waals surface area contributed by atoms with Crippen molar-refractivity contribution in [3.05, 3.63) is 70.9 Å². The van der Waals surface area contributed by atoms with Crippen molar-refractivity contribution in [3.63, 3.8) is 0 Å². The Kier molecular flexibility index (Phi) is 8.46. The predicted octanol–water partition coefficient (Wildman–Crippen LogP) is 3.19. The molecule has 2 N–H and O–H groups in total. The molecule has 1 amide bonds. The number of fused-ring (bicyclic) bond motifs is 1. The van der Waals surface area contributed by atoms with Crippen LogP contribution < -0.4 is 10.6 Å². The minimum Gasteiger partial charge on any atom is -0.378 e. The van der Waals surface area contributed by atoms with Crippen molar-refractivity contribution >= 4 is 38.8 Å². The number of hydrogen-bond acceptors (Lipinski definition) is 10. The van der Waals surface area contributed by atoms with Crippen LogP contribution in [0.5, 0.6) is 0 Å². The number of anilines is 3. The fourth-order valence-corrected chi connectivity index (χ4v) is 6.81. The van der Waals surface area contributed by atoms with E-state index in [9.17, 15) is 17.6 Å². The van der Waals surface area contributed by atoms with Crippen LogP contribution in [0, 0.1) is 12.7 Å². The van der Waals surface area contributed by atoms with E-state index in [0.717, 1.165) is 67.9 Å². The van der Waals surface area contributed by atoms with E-state index < -0.39 is 20.5 Å². The summed E-state index contributed by atoms with van der Waals surface area (Å²) in [7, 11) is -3.75. The lowest BCUT2D eigenvalue weighted by atomic mass is 10.0. The zero-order chi connectivity index (χ0) is 31.0. The van der Waals surface area contributed by atoms with Gasteiger partial charge in [-0.2, -0.15) is 0 Å². The van der Waals surface area contributed by atoms with Gasteiger partial charge in [-0.3, -0.25) is 14.6 Å². The number of nitrogens with one attached hydrogen (secondary N) is 2. The quantitative estimate of drug-likeness (QED) is 0.368. The van der Waals surface area contributed by atoms with Crippen LogP contribution in [0.25, 0.3) is 5.57 Å². The molecule has 0 spiro atoms. The minimum atomic E-state index is -3.75. The fraction of sp³-hybridized carbons (Fsp3) is 0.419. The molecule has 0 radical (unpaired) electrons. The van der Waals surface area contributed by atoms with Crippen LogP contribution in [-0.4, -0.2) is 96.8 Å². The second-order valence-corrected chi connectivity index (χ2v) is 13.4. The number of rotatable bonds is 9. The van der Waals surface area contributed by atoms with Crippen molar-refractivity contribution in [2.45, 2.75) is 43.7 Å². The second kappa shape index (κ2) is 12.3. The Morgan fingerprint density at radius 3 is 2.61 bits per heavy atom. The van der Waals surface area contributed by atoms with E-state index in [1.807, 2.05) is 26.0 Å². The van der Waals surface area contributed by atoms with Gasteiger partial charge in [-0.15, -0.1) is 0 Å². The number of sulfone groups is 1. The molecular weight excluding hydrogens is 585 g/mol. The van der Waals surface area contributed by atoms with Crippen molar-refractivity contribution in [3.8, 4) is 0 Å². The standard InChI is InChI=1S/C31H36FN7O4S/c1-4-25(39-14-12-38(13-15-39)20-17-43-18-20)30(40)37-29-23-9-8-22(21(23)10-11-33-29)28-19(2)16-34-31(36-28)35-24-6-5-7-26(27(24)32)44(3,41)42/h5-8,10-11,16,20,25H,4,9,12-15,17-18H2,1-3H3,(H,33,37,40)(H,34,35,36). The summed E-state index contributed by atoms with van der Waals surface area (Å²) in [6.45, 7) is 9.03. The molecule has 1 aliphatic carbocycles. The van der Waals surface area contributed by atoms with Crippen molar-refractivity contribution in [2.24, 2.45) is 0 Å². The zero-order valence-electron chi connectivity index (χ0n) is 25.0. The van der Waals surface area contributed by atoms with E-state index in [4.69, 9.17) is 4.74 Å². The summed E-state index contributed by atoms with van der Waals surface area (Å²) < 4.78 is 44.3. The number of aromatic nitrogens is 3. The van der Waals surface area contributed by atoms with Crippen LogP contribution >= 0.6 is 0 Å². The van der Waals surface area contributed by atoms with E-state index in [1.165, 1.54) is 18.2 Å². The number of ether oxygens (including phenoxy) is 1. The third-order valence-electron chi connectivity index (χ3n) is 8.55. The van der Waals surface area contributed by atoms with Crippen molar-refractivity contribution in [1.82, 2.24) is 24.8 Å². The molecule has 0 saturated carbocycles. The van der Waals surface area contributed by atoms with Crippen molar-refractivity contribution < 1.29 is 22.3 Å². The molecule has 1 aromatic carbocycles. The van der Waals surface area contributed by atoms with E-state index in [-0.39, 0.29) is 23.6 Å². The summed E-state index contributed by atoms with van der Waals surface area (Å²) in [5.41, 5.74) is 4.07. The first-order valence-electron chi connectivity index (χ1n) is 14.8. The van der Waals surface area contributed by atoms with Gasteiger partial charge in [0.05, 0.1) is 36.7 Å². The lowest BCUT2D eigenvalue weighted by Gasteiger charge is -2.44. The third kappa shape index (κ3) is 5.96. The van der Waals surface area contributed by atoms with Crippen molar-refractivity contribution in [1.29, 1.82) is 0 Å². The maximum atomic E-state index is 15.0. The monoisotopic (exact) mass is 621 g/mol. The van der Waals surface area contributed by atoms with E-state index in [2.05, 4.69) is 35.4 Å². The van der Waals surface area contributed by atoms with Gasteiger partial charge in [-0.05, 0) is 49.1 Å². The van der Waals surface area contributed by atoms with Gasteiger partial charge in [0.15, 0.2) is 15.7 Å². The molecular formula is C31H36FN7O4S. The minimum absolute atomic E-state index is 0.0401. The number of nitrogens with zero attached hydrogens (tertiary/aromatic N) is 5. The first-order valence-corrected chi connectivity index (χ1v) is 16.7. The Bertz CT molecular complexity index is 1720. The maximum absolute atomic E-state index is 15.0. The number of piperazine rings is 1. The average Bonchev–Trinajstić information content (AvgIpc) is 3.40. The highest BCUT2D eigenvalue weighted by Gasteiger charge is 2.33. The number of carbonyl (C=O) groups is 1. The number of benzene rings is 1. The van der Waals surface area contributed by atoms with Crippen LogP contribution in [0.3, 0.4) is 0 Å². The molecule has 2 saturated heterocycles. The van der Waals surface area contributed by atoms with E-state index >= 15 is 0 Å². The van der Waals surface area contributed by atoms with E-state index in [1.54, 1.807) is 12.4 Å². The van der Waals surface area contributed by atoms with Crippen LogP contribution in [0.1, 0.15) is 35.7 Å². The maximum Gasteiger partial charge on any atom is 0.242 e. The Balaban J connectivity index is 1.19. The number of amides is 1. The van der Waals surface area contributed by atoms with E-state index in [0.29, 0.717) is 30.4 Å². The fourth-order valence-electron chi connectivity index (χ4n) is 6.04. The van der Waals surface area contributed by atoms with Gasteiger partial charge < -0.3 is 15.4 Å². The molecule has 232 valence electrons. The smallest absolute Gasteiger partial charge is 0.242 e. The first kappa shape index (κ1) is 30.3. The lowest BCUT2D eigenvalue weighted by Crippen LogP contribution is -2.59. The molecule has 3 aliphatic rings. The van der Waals surface area contributed by atoms with Gasteiger partial charge in [-0.1, -0.05) is 19.1 Å². The number of pyridine rings is 1. The third-order valence-corrected chi connectivity index (χ3v) is 9.66. The Morgan fingerprint density at radius 1 is 1.16 bits per heavy atom. The summed E-state index contributed by atoms with van der Waals surface area (Å²) in [4.78, 5) is 31.3. The largest absolute Gasteiger partial charge is 0.378 e. The number of allylic oxidation sites excluding steroid dienone is 1. The van der Waals surface area contributed by atoms with Gasteiger partial charge in [0.25, 0.3) is 0 Å². The van der Waals surface area contributed by atoms with Gasteiger partial charge in [0.1, 0.15) is 10.7 Å². The molecule has 2 aliphatic heterocycles. The zero-order valence-corrected chi connectivity index (χ0v) is 25.8. The van der Waals surface area contributed by atoms with Gasteiger partial charge in [0, 0.05) is 56.0 Å². The SMILES string of the molecule is CCC(C(=O)Nc1nccc2c1CC=C2c1nc(Nc2cccc(S(C)(=O)=O)c2F)ncc1C)N1CCN(C2COC2)CC1. The van der Waals surface area contributed by atoms with Gasteiger partial charge in [-0.25, -0.2) is 27.8 Å². The highest BCUT2D eigenvalue weighted by atomic mass is 32.2. The highest BCUT2D eigenvalue weighted by molar-refractivity contribution is 7.90. The molecule has 44 heavy (non-hydrogen) atoms. The van der Waals surface area contributed by atoms with Crippen LogP contribution in [0.15, 0.2) is 47.6 Å². The topological polar surface area (TPSA) is 130 Å². The molecule has 2 fully saturated rings. The van der Waals surface area contributed by atoms with Crippen LogP contribution in [-0.2, 0) is 25.8 Å². The molecule has 13 heteroatoms. The Labute approximate surface area is 256 Å². The normalized spacial score (nSPS) is 18.3. The molecule has 2 aromatic heterocycles. The van der Waals surface area contributed by atoms with Crippen LogP contribution in [0.4, 0.5) is 21.8 Å². The molecule has 4 heterocycles. The number of aryl methyl sites for hydroxylation is 1. The number of carbonyl (C=O) groups excluding carboxylic acids is 1. The summed E-state index contributed by atoms with van der Waals surface area (Å²) in [6, 6.07) is 6.26. The molecule has 1 atom stereocenters. The number of hydrogen-bond donors (Lipinski definition) is 2. The molecule has 11 nitrogen and oxygen atoms in total. The lowest BCUT2D eigenvalue weighted by molar-refractivity contribution is -0.123. The first-order chi connectivity index (χ1) is 21.1. The van der Waals surface area contributed by atoms with Gasteiger partial charge in [0.2, 0.25) is 11.9 Å². The van der Waals surface area contributed by atoms with Crippen molar-refractivity contribution in [2.75, 3.05) is 56.3 Å². The second-order valence-electron chi connectivity index (χ2n) is 11.4. The summed E-state index contributed by atoms with van der Waals surface area (Å²) >= 11 is 0. The summed E-state index contributed by atoms with van der Waals surface area (Å²) in [5, 5.41) is 5.94.